The summed E-state index contributed by atoms with van der Waals surface area (Å²) in [5.41, 5.74) is 0.976. The first-order valence-electron chi connectivity index (χ1n) is 5.10. The van der Waals surface area contributed by atoms with E-state index in [1.807, 2.05) is 32.2 Å². The highest BCUT2D eigenvalue weighted by atomic mass is 35.5. The second-order valence-electron chi connectivity index (χ2n) is 3.51. The molecule has 17 heavy (non-hydrogen) atoms. The van der Waals surface area contributed by atoms with Crippen molar-refractivity contribution in [2.75, 3.05) is 7.05 Å². The highest BCUT2D eigenvalue weighted by Gasteiger charge is 2.06. The monoisotopic (exact) mass is 269 g/mol. The molecule has 0 spiro atoms. The van der Waals surface area contributed by atoms with E-state index >= 15 is 0 Å². The van der Waals surface area contributed by atoms with Crippen LogP contribution in [0.25, 0.3) is 0 Å². The van der Waals surface area contributed by atoms with Gasteiger partial charge in [-0.2, -0.15) is 0 Å². The lowest BCUT2D eigenvalue weighted by atomic mass is 10.2. The molecule has 0 bridgehead atoms. The van der Waals surface area contributed by atoms with E-state index in [4.69, 9.17) is 16.3 Å². The molecule has 0 aliphatic carbocycles. The van der Waals surface area contributed by atoms with Crippen LogP contribution in [-0.2, 0) is 6.54 Å². The Hall–Kier alpha value is -1.17. The lowest BCUT2D eigenvalue weighted by molar-refractivity contribution is 0.472. The molecule has 4 nitrogen and oxygen atoms in total. The molecule has 1 N–H and O–H groups in total. The Morgan fingerprint density at radius 2 is 2.24 bits per heavy atom. The zero-order chi connectivity index (χ0) is 12.3. The van der Waals surface area contributed by atoms with Gasteiger partial charge in [0, 0.05) is 11.6 Å². The van der Waals surface area contributed by atoms with Crippen molar-refractivity contribution in [3.05, 3.63) is 33.8 Å². The molecule has 0 radical (unpaired) electrons. The number of halogens is 1. The fourth-order valence-corrected chi connectivity index (χ4v) is 2.12. The Kier molecular flexibility index (Phi) is 3.93. The van der Waals surface area contributed by atoms with Crippen molar-refractivity contribution in [1.82, 2.24) is 15.5 Å². The zero-order valence-corrected chi connectivity index (χ0v) is 11.1. The smallest absolute Gasteiger partial charge is 0.299 e. The van der Waals surface area contributed by atoms with Gasteiger partial charge in [0.15, 0.2) is 0 Å². The Labute approximate surface area is 109 Å². The predicted molar refractivity (Wildman–Crippen MR) is 68.9 cm³/mol. The standard InChI is InChI=1S/C11H12ClN3OS/c1-7-5-8(3-4-9(7)12)16-11-15-14-10(17-11)6-13-2/h3-5,13H,6H2,1-2H3. The first kappa shape index (κ1) is 12.3. The van der Waals surface area contributed by atoms with Crippen LogP contribution >= 0.6 is 22.9 Å². The van der Waals surface area contributed by atoms with Gasteiger partial charge in [-0.3, -0.25) is 0 Å². The minimum absolute atomic E-state index is 0.539. The van der Waals surface area contributed by atoms with Gasteiger partial charge in [-0.25, -0.2) is 0 Å². The Morgan fingerprint density at radius 3 is 2.94 bits per heavy atom. The van der Waals surface area contributed by atoms with Crippen LogP contribution in [0.3, 0.4) is 0 Å². The lowest BCUT2D eigenvalue weighted by Crippen LogP contribution is -2.04. The fourth-order valence-electron chi connectivity index (χ4n) is 1.28. The Balaban J connectivity index is 2.11. The molecule has 0 fully saturated rings. The molecule has 1 aromatic heterocycles. The molecule has 0 amide bonds. The first-order valence-corrected chi connectivity index (χ1v) is 6.29. The van der Waals surface area contributed by atoms with Crippen molar-refractivity contribution in [3.8, 4) is 10.9 Å². The van der Waals surface area contributed by atoms with Crippen LogP contribution in [0.2, 0.25) is 5.02 Å². The summed E-state index contributed by atoms with van der Waals surface area (Å²) in [4.78, 5) is 0. The Bertz CT molecular complexity index is 515. The summed E-state index contributed by atoms with van der Waals surface area (Å²) in [5, 5.41) is 13.1. The third-order valence-corrected chi connectivity index (χ3v) is 3.34. The van der Waals surface area contributed by atoms with Crippen LogP contribution < -0.4 is 10.1 Å². The quantitative estimate of drug-likeness (QED) is 0.927. The lowest BCUT2D eigenvalue weighted by Gasteiger charge is -2.03. The van der Waals surface area contributed by atoms with Crippen LogP contribution in [0.5, 0.6) is 10.9 Å². The van der Waals surface area contributed by atoms with Gasteiger partial charge in [-0.05, 0) is 37.7 Å². The molecular formula is C11H12ClN3OS. The van der Waals surface area contributed by atoms with E-state index in [9.17, 15) is 0 Å². The summed E-state index contributed by atoms with van der Waals surface area (Å²) in [7, 11) is 1.87. The number of nitrogens with one attached hydrogen (secondary N) is 1. The molecular weight excluding hydrogens is 258 g/mol. The van der Waals surface area contributed by atoms with Crippen molar-refractivity contribution < 1.29 is 4.74 Å². The number of ether oxygens (including phenoxy) is 1. The van der Waals surface area contributed by atoms with Crippen molar-refractivity contribution in [1.29, 1.82) is 0 Å². The average molecular weight is 270 g/mol. The molecule has 0 aliphatic heterocycles. The molecule has 0 atom stereocenters. The molecule has 0 aliphatic rings. The van der Waals surface area contributed by atoms with E-state index in [0.29, 0.717) is 11.7 Å². The van der Waals surface area contributed by atoms with Gasteiger partial charge < -0.3 is 10.1 Å². The van der Waals surface area contributed by atoms with Crippen molar-refractivity contribution in [2.24, 2.45) is 0 Å². The van der Waals surface area contributed by atoms with E-state index in [-0.39, 0.29) is 0 Å². The van der Waals surface area contributed by atoms with E-state index in [1.165, 1.54) is 11.3 Å². The van der Waals surface area contributed by atoms with E-state index < -0.39 is 0 Å². The summed E-state index contributed by atoms with van der Waals surface area (Å²) in [6, 6.07) is 5.50. The minimum atomic E-state index is 0.539. The number of rotatable bonds is 4. The highest BCUT2D eigenvalue weighted by molar-refractivity contribution is 7.13. The number of benzene rings is 1. The maximum atomic E-state index is 5.94. The molecule has 90 valence electrons. The number of aryl methyl sites for hydroxylation is 1. The maximum absolute atomic E-state index is 5.94. The minimum Gasteiger partial charge on any atom is -0.430 e. The van der Waals surface area contributed by atoms with Gasteiger partial charge in [0.25, 0.3) is 5.19 Å². The van der Waals surface area contributed by atoms with Gasteiger partial charge in [0.05, 0.1) is 0 Å². The maximum Gasteiger partial charge on any atom is 0.299 e. The van der Waals surface area contributed by atoms with Gasteiger partial charge >= 0.3 is 0 Å². The van der Waals surface area contributed by atoms with Crippen molar-refractivity contribution in [2.45, 2.75) is 13.5 Å². The molecule has 0 saturated carbocycles. The number of nitrogens with zero attached hydrogens (tertiary/aromatic N) is 2. The number of hydrogen-bond acceptors (Lipinski definition) is 5. The molecule has 2 rings (SSSR count). The van der Waals surface area contributed by atoms with Crippen molar-refractivity contribution in [3.63, 3.8) is 0 Å². The summed E-state index contributed by atoms with van der Waals surface area (Å²) in [6.07, 6.45) is 0. The third-order valence-electron chi connectivity index (χ3n) is 2.11. The zero-order valence-electron chi connectivity index (χ0n) is 9.53. The molecule has 1 heterocycles. The topological polar surface area (TPSA) is 47.0 Å². The normalized spacial score (nSPS) is 10.5. The summed E-state index contributed by atoms with van der Waals surface area (Å²) >= 11 is 7.36. The van der Waals surface area contributed by atoms with Gasteiger partial charge in [-0.15, -0.1) is 5.10 Å². The van der Waals surface area contributed by atoms with E-state index in [0.717, 1.165) is 21.3 Å². The summed E-state index contributed by atoms with van der Waals surface area (Å²) in [5.74, 6) is 0.721. The van der Waals surface area contributed by atoms with Gasteiger partial charge in [0.1, 0.15) is 10.8 Å². The predicted octanol–water partition coefficient (Wildman–Crippen LogP) is 3.01. The largest absolute Gasteiger partial charge is 0.430 e. The average Bonchev–Trinajstić information content (AvgIpc) is 2.72. The Morgan fingerprint density at radius 1 is 1.41 bits per heavy atom. The first-order chi connectivity index (χ1) is 8.19. The van der Waals surface area contributed by atoms with Gasteiger partial charge in [-0.1, -0.05) is 28.0 Å². The van der Waals surface area contributed by atoms with E-state index in [2.05, 4.69) is 15.5 Å². The molecule has 2 aromatic rings. The fraction of sp³-hybridized carbons (Fsp3) is 0.273. The summed E-state index contributed by atoms with van der Waals surface area (Å²) < 4.78 is 5.60. The molecule has 1 aromatic carbocycles. The summed E-state index contributed by atoms with van der Waals surface area (Å²) in [6.45, 7) is 2.63. The number of hydrogen-bond donors (Lipinski definition) is 1. The SMILES string of the molecule is CNCc1nnc(Oc2ccc(Cl)c(C)c2)s1. The third kappa shape index (κ3) is 3.15. The number of aromatic nitrogens is 2. The molecule has 0 saturated heterocycles. The van der Waals surface area contributed by atoms with Gasteiger partial charge in [0.2, 0.25) is 0 Å². The van der Waals surface area contributed by atoms with Crippen molar-refractivity contribution >= 4 is 22.9 Å². The van der Waals surface area contributed by atoms with Crippen LogP contribution in [-0.4, -0.2) is 17.2 Å². The van der Waals surface area contributed by atoms with Crippen LogP contribution in [0.1, 0.15) is 10.6 Å². The van der Waals surface area contributed by atoms with Crippen LogP contribution in [0.15, 0.2) is 18.2 Å². The second-order valence-corrected chi connectivity index (χ2v) is 4.94. The molecule has 0 unspecified atom stereocenters. The van der Waals surface area contributed by atoms with Crippen LogP contribution in [0, 0.1) is 6.92 Å². The molecule has 6 heteroatoms. The van der Waals surface area contributed by atoms with E-state index in [1.54, 1.807) is 0 Å². The second kappa shape index (κ2) is 5.44. The highest BCUT2D eigenvalue weighted by Crippen LogP contribution is 2.27. The van der Waals surface area contributed by atoms with Crippen LogP contribution in [0.4, 0.5) is 0 Å².